The lowest BCUT2D eigenvalue weighted by atomic mass is 10.0. The topological polar surface area (TPSA) is 78.7 Å². The molecule has 1 atom stereocenters. The third kappa shape index (κ3) is 4.70. The molecule has 1 N–H and O–H groups in total. The number of aryl methyl sites for hydroxylation is 2. The summed E-state index contributed by atoms with van der Waals surface area (Å²) in [5, 5.41) is 6.67. The van der Waals surface area contributed by atoms with Crippen molar-refractivity contribution in [2.45, 2.75) is 19.9 Å². The average Bonchev–Trinajstić information content (AvgIpc) is 3.21. The molecule has 1 aliphatic heterocycles. The van der Waals surface area contributed by atoms with E-state index in [4.69, 9.17) is 4.52 Å². The van der Waals surface area contributed by atoms with Gasteiger partial charge >= 0.3 is 0 Å². The highest BCUT2D eigenvalue weighted by Crippen LogP contribution is 2.25. The van der Waals surface area contributed by atoms with Crippen LogP contribution < -0.4 is 5.32 Å². The summed E-state index contributed by atoms with van der Waals surface area (Å²) in [7, 11) is 0. The maximum absolute atomic E-state index is 13.9. The van der Waals surface area contributed by atoms with Crippen LogP contribution in [0.4, 0.5) is 10.2 Å². The molecule has 4 rings (SSSR count). The molecule has 1 aliphatic rings. The van der Waals surface area contributed by atoms with Gasteiger partial charge in [0.15, 0.2) is 5.82 Å². The van der Waals surface area contributed by atoms with Crippen LogP contribution in [0.5, 0.6) is 0 Å². The number of aromatic nitrogens is 1. The second-order valence-corrected chi connectivity index (χ2v) is 7.92. The summed E-state index contributed by atoms with van der Waals surface area (Å²) in [5.74, 6) is 0.158. The Bertz CT molecular complexity index is 1110. The second kappa shape index (κ2) is 9.32. The minimum atomic E-state index is -0.540. The molecular weight excluding hydrogens is 411 g/mol. The molecule has 32 heavy (non-hydrogen) atoms. The molecular formula is C24H25FN4O3. The van der Waals surface area contributed by atoms with E-state index in [0.717, 1.165) is 5.56 Å². The van der Waals surface area contributed by atoms with Crippen molar-refractivity contribution < 1.29 is 18.5 Å². The number of rotatable bonds is 5. The molecule has 0 saturated carbocycles. The Morgan fingerprint density at radius 2 is 1.75 bits per heavy atom. The van der Waals surface area contributed by atoms with Crippen LogP contribution in [-0.4, -0.2) is 52.9 Å². The molecule has 2 amide bonds. The van der Waals surface area contributed by atoms with Gasteiger partial charge in [-0.05, 0) is 37.1 Å². The maximum Gasteiger partial charge on any atom is 0.254 e. The Morgan fingerprint density at radius 1 is 1.03 bits per heavy atom. The van der Waals surface area contributed by atoms with Crippen molar-refractivity contribution >= 4 is 17.6 Å². The number of benzene rings is 2. The molecule has 2 heterocycles. The first-order valence-electron chi connectivity index (χ1n) is 10.5. The van der Waals surface area contributed by atoms with Crippen molar-refractivity contribution in [3.05, 3.63) is 82.9 Å². The first kappa shape index (κ1) is 21.7. The van der Waals surface area contributed by atoms with Gasteiger partial charge in [0.2, 0.25) is 5.91 Å². The fourth-order valence-electron chi connectivity index (χ4n) is 3.87. The molecule has 166 valence electrons. The molecule has 3 aromatic rings. The molecule has 1 saturated heterocycles. The van der Waals surface area contributed by atoms with Gasteiger partial charge in [-0.25, -0.2) is 4.39 Å². The lowest BCUT2D eigenvalue weighted by Gasteiger charge is -2.38. The molecule has 0 aliphatic carbocycles. The van der Waals surface area contributed by atoms with E-state index in [1.165, 1.54) is 6.07 Å². The molecule has 1 fully saturated rings. The van der Waals surface area contributed by atoms with E-state index in [9.17, 15) is 14.0 Å². The summed E-state index contributed by atoms with van der Waals surface area (Å²) < 4.78 is 18.9. The van der Waals surface area contributed by atoms with Crippen molar-refractivity contribution in [3.63, 3.8) is 0 Å². The summed E-state index contributed by atoms with van der Waals surface area (Å²) in [6, 6.07) is 15.2. The zero-order chi connectivity index (χ0) is 22.7. The number of hydrogen-bond donors (Lipinski definition) is 1. The summed E-state index contributed by atoms with van der Waals surface area (Å²) in [6.07, 6.45) is 0. The highest BCUT2D eigenvalue weighted by atomic mass is 19.1. The molecule has 2 aromatic carbocycles. The third-order valence-corrected chi connectivity index (χ3v) is 5.63. The van der Waals surface area contributed by atoms with Crippen molar-refractivity contribution in [1.82, 2.24) is 15.0 Å². The summed E-state index contributed by atoms with van der Waals surface area (Å²) in [4.78, 5) is 29.7. The van der Waals surface area contributed by atoms with Crippen LogP contribution in [0.2, 0.25) is 0 Å². The summed E-state index contributed by atoms with van der Waals surface area (Å²) in [5.41, 5.74) is 1.69. The van der Waals surface area contributed by atoms with Gasteiger partial charge in [0.25, 0.3) is 5.91 Å². The van der Waals surface area contributed by atoms with Gasteiger partial charge in [-0.3, -0.25) is 14.5 Å². The van der Waals surface area contributed by atoms with Crippen LogP contribution >= 0.6 is 0 Å². The summed E-state index contributed by atoms with van der Waals surface area (Å²) >= 11 is 0. The van der Waals surface area contributed by atoms with Crippen LogP contribution in [0.3, 0.4) is 0 Å². The Kier molecular flexibility index (Phi) is 6.32. The third-order valence-electron chi connectivity index (χ3n) is 5.63. The second-order valence-electron chi connectivity index (χ2n) is 7.92. The summed E-state index contributed by atoms with van der Waals surface area (Å²) in [6.45, 7) is 5.31. The number of nitrogens with zero attached hydrogens (tertiary/aromatic N) is 3. The van der Waals surface area contributed by atoms with Crippen LogP contribution in [0.15, 0.2) is 59.1 Å². The van der Waals surface area contributed by atoms with Gasteiger partial charge in [0.1, 0.15) is 17.6 Å². The maximum atomic E-state index is 13.9. The minimum absolute atomic E-state index is 0.206. The van der Waals surface area contributed by atoms with E-state index >= 15 is 0 Å². The van der Waals surface area contributed by atoms with Gasteiger partial charge < -0.3 is 14.7 Å². The van der Waals surface area contributed by atoms with Crippen molar-refractivity contribution in [2.75, 3.05) is 31.5 Å². The normalized spacial score (nSPS) is 15.4. The molecule has 0 radical (unpaired) electrons. The standard InChI is InChI=1S/C24H25FN4O3/c1-16-8-9-19(15-20(16)25)24(31)29-12-10-28(11-13-29)22(18-6-4-3-5-7-18)23(30)26-21-14-17(2)32-27-21/h3-9,14-15,22H,10-13H2,1-2H3,(H,26,27,30). The monoisotopic (exact) mass is 436 g/mol. The molecule has 1 aromatic heterocycles. The molecule has 7 nitrogen and oxygen atoms in total. The van der Waals surface area contributed by atoms with E-state index in [2.05, 4.69) is 10.5 Å². The SMILES string of the molecule is Cc1cc(NC(=O)C(c2ccccc2)N2CCN(C(=O)c3ccc(C)c(F)c3)CC2)no1. The number of amides is 2. The average molecular weight is 436 g/mol. The van der Waals surface area contributed by atoms with Gasteiger partial charge in [-0.15, -0.1) is 0 Å². The highest BCUT2D eigenvalue weighted by Gasteiger charge is 2.32. The minimum Gasteiger partial charge on any atom is -0.360 e. The first-order chi connectivity index (χ1) is 15.4. The van der Waals surface area contributed by atoms with Gasteiger partial charge in [-0.2, -0.15) is 0 Å². The van der Waals surface area contributed by atoms with Crippen LogP contribution in [-0.2, 0) is 4.79 Å². The van der Waals surface area contributed by atoms with Gasteiger partial charge in [0.05, 0.1) is 0 Å². The first-order valence-corrected chi connectivity index (χ1v) is 10.5. The van der Waals surface area contributed by atoms with E-state index in [1.807, 2.05) is 35.2 Å². The van der Waals surface area contributed by atoms with Crippen LogP contribution in [0.1, 0.15) is 33.3 Å². The molecule has 0 bridgehead atoms. The fraction of sp³-hybridized carbons (Fsp3) is 0.292. The molecule has 8 heteroatoms. The predicted molar refractivity (Wildman–Crippen MR) is 118 cm³/mol. The zero-order valence-corrected chi connectivity index (χ0v) is 18.0. The number of halogens is 1. The van der Waals surface area contributed by atoms with E-state index in [-0.39, 0.29) is 11.8 Å². The molecule has 0 spiro atoms. The number of piperazine rings is 1. The zero-order valence-electron chi connectivity index (χ0n) is 18.0. The lowest BCUT2D eigenvalue weighted by Crippen LogP contribution is -2.51. The Labute approximate surface area is 185 Å². The number of hydrogen-bond acceptors (Lipinski definition) is 5. The quantitative estimate of drug-likeness (QED) is 0.662. The Balaban J connectivity index is 1.48. The van der Waals surface area contributed by atoms with E-state index in [1.54, 1.807) is 36.9 Å². The predicted octanol–water partition coefficient (Wildman–Crippen LogP) is 3.57. The van der Waals surface area contributed by atoms with E-state index in [0.29, 0.717) is 48.9 Å². The smallest absolute Gasteiger partial charge is 0.254 e. The fourth-order valence-corrected chi connectivity index (χ4v) is 3.87. The van der Waals surface area contributed by atoms with Gasteiger partial charge in [-0.1, -0.05) is 41.6 Å². The highest BCUT2D eigenvalue weighted by molar-refractivity contribution is 5.95. The number of nitrogens with one attached hydrogen (secondary N) is 1. The Hall–Kier alpha value is -3.52. The number of carbonyl (C=O) groups is 2. The number of anilines is 1. The van der Waals surface area contributed by atoms with Crippen molar-refractivity contribution in [3.8, 4) is 0 Å². The number of carbonyl (C=O) groups excluding carboxylic acids is 2. The van der Waals surface area contributed by atoms with Crippen molar-refractivity contribution in [1.29, 1.82) is 0 Å². The van der Waals surface area contributed by atoms with Crippen LogP contribution in [0.25, 0.3) is 0 Å². The Morgan fingerprint density at radius 3 is 2.38 bits per heavy atom. The van der Waals surface area contributed by atoms with Gasteiger partial charge in [0, 0.05) is 37.8 Å². The van der Waals surface area contributed by atoms with Crippen LogP contribution in [0, 0.1) is 19.7 Å². The van der Waals surface area contributed by atoms with Crippen molar-refractivity contribution in [2.24, 2.45) is 0 Å². The van der Waals surface area contributed by atoms with E-state index < -0.39 is 11.9 Å². The largest absolute Gasteiger partial charge is 0.360 e. The lowest BCUT2D eigenvalue weighted by molar-refractivity contribution is -0.122. The molecule has 1 unspecified atom stereocenters.